The molecule has 6 nitrogen and oxygen atoms in total. The number of hydrogen-bond acceptors (Lipinski definition) is 5. The largest absolute Gasteiger partial charge is 0.398 e. The van der Waals surface area contributed by atoms with Crippen molar-refractivity contribution >= 4 is 48.2 Å². The third-order valence-corrected chi connectivity index (χ3v) is 7.45. The third kappa shape index (κ3) is 3.90. The smallest absolute Gasteiger partial charge is 0.268 e. The molecule has 0 fully saturated rings. The van der Waals surface area contributed by atoms with Crippen LogP contribution in [0.15, 0.2) is 82.3 Å². The van der Waals surface area contributed by atoms with E-state index in [1.807, 2.05) is 36.2 Å². The summed E-state index contributed by atoms with van der Waals surface area (Å²) in [6.07, 6.45) is 1.58. The lowest BCUT2D eigenvalue weighted by molar-refractivity contribution is 0.589. The second kappa shape index (κ2) is 8.10. The number of nitrogen functional groups attached to an aromatic ring is 1. The highest BCUT2D eigenvalue weighted by Gasteiger charge is 2.20. The van der Waals surface area contributed by atoms with Gasteiger partial charge in [-0.05, 0) is 57.9 Å². The Morgan fingerprint density at radius 2 is 1.81 bits per heavy atom. The van der Waals surface area contributed by atoms with Crippen LogP contribution in [-0.4, -0.2) is 19.4 Å². The van der Waals surface area contributed by atoms with Gasteiger partial charge in [-0.15, -0.1) is 0 Å². The Morgan fingerprint density at radius 1 is 1.10 bits per heavy atom. The van der Waals surface area contributed by atoms with E-state index in [4.69, 9.17) is 5.73 Å². The fourth-order valence-electron chi connectivity index (χ4n) is 3.43. The zero-order valence-electron chi connectivity index (χ0n) is 16.7. The first-order valence-electron chi connectivity index (χ1n) is 9.42. The van der Waals surface area contributed by atoms with Crippen molar-refractivity contribution in [2.75, 3.05) is 17.7 Å². The summed E-state index contributed by atoms with van der Waals surface area (Å²) in [4.78, 5) is 2.19. The van der Waals surface area contributed by atoms with Gasteiger partial charge in [0.1, 0.15) is 6.07 Å². The third-order valence-electron chi connectivity index (χ3n) is 5.13. The molecule has 0 aliphatic heterocycles. The number of rotatable bonds is 5. The van der Waals surface area contributed by atoms with Crippen molar-refractivity contribution in [1.29, 1.82) is 5.26 Å². The van der Waals surface area contributed by atoms with Gasteiger partial charge in [-0.3, -0.25) is 0 Å². The predicted octanol–water partition coefficient (Wildman–Crippen LogP) is 4.73. The topological polar surface area (TPSA) is 92.1 Å². The highest BCUT2D eigenvalue weighted by molar-refractivity contribution is 9.10. The molecule has 1 aromatic heterocycles. The van der Waals surface area contributed by atoms with E-state index in [9.17, 15) is 13.7 Å². The average Bonchev–Trinajstić information content (AvgIpc) is 3.12. The molecule has 0 unspecified atom stereocenters. The molecule has 4 rings (SSSR count). The molecule has 3 aromatic carbocycles. The fourth-order valence-corrected chi connectivity index (χ4v) is 5.48. The van der Waals surface area contributed by atoms with Crippen LogP contribution in [0.5, 0.6) is 0 Å². The summed E-state index contributed by atoms with van der Waals surface area (Å²) >= 11 is 3.44. The zero-order valence-corrected chi connectivity index (χ0v) is 19.1. The summed E-state index contributed by atoms with van der Waals surface area (Å²) in [5.41, 5.74) is 9.07. The standard InChI is InChI=1S/C23H19BrN4O2S/c1-27(18-8-11-22(26)17(12-18)13-25)14-16-6-9-19(10-7-16)31(29,30)28-15-21(24)20-4-2-3-5-23(20)28/h2-12,15H,14,26H2,1H3. The minimum atomic E-state index is -3.73. The molecule has 31 heavy (non-hydrogen) atoms. The normalized spacial score (nSPS) is 11.4. The van der Waals surface area contributed by atoms with E-state index in [-0.39, 0.29) is 4.90 Å². The van der Waals surface area contributed by atoms with Gasteiger partial charge in [-0.1, -0.05) is 30.3 Å². The summed E-state index contributed by atoms with van der Waals surface area (Å²) in [6.45, 7) is 0.549. The van der Waals surface area contributed by atoms with Gasteiger partial charge in [0.15, 0.2) is 0 Å². The highest BCUT2D eigenvalue weighted by atomic mass is 79.9. The van der Waals surface area contributed by atoms with Crippen LogP contribution in [0, 0.1) is 11.3 Å². The van der Waals surface area contributed by atoms with E-state index in [1.54, 1.807) is 48.7 Å². The summed E-state index contributed by atoms with van der Waals surface area (Å²) < 4.78 is 28.4. The number of anilines is 2. The van der Waals surface area contributed by atoms with Gasteiger partial charge < -0.3 is 10.6 Å². The molecule has 156 valence electrons. The minimum absolute atomic E-state index is 0.214. The Kier molecular flexibility index (Phi) is 5.48. The molecule has 4 aromatic rings. The summed E-state index contributed by atoms with van der Waals surface area (Å²) in [6, 6.07) is 21.6. The van der Waals surface area contributed by atoms with E-state index in [0.717, 1.165) is 21.1 Å². The van der Waals surface area contributed by atoms with Crippen LogP contribution < -0.4 is 10.6 Å². The molecule has 0 saturated carbocycles. The van der Waals surface area contributed by atoms with Crippen LogP contribution in [0.2, 0.25) is 0 Å². The van der Waals surface area contributed by atoms with Crippen LogP contribution in [0.1, 0.15) is 11.1 Å². The Labute approximate surface area is 189 Å². The molecular weight excluding hydrogens is 476 g/mol. The molecule has 2 N–H and O–H groups in total. The van der Waals surface area contributed by atoms with E-state index >= 15 is 0 Å². The van der Waals surface area contributed by atoms with Crippen molar-refractivity contribution in [3.8, 4) is 6.07 Å². The molecule has 0 aliphatic carbocycles. The second-order valence-corrected chi connectivity index (χ2v) is 9.85. The van der Waals surface area contributed by atoms with Gasteiger partial charge in [0.2, 0.25) is 0 Å². The number of nitriles is 1. The van der Waals surface area contributed by atoms with Crippen molar-refractivity contribution < 1.29 is 8.42 Å². The Hall–Kier alpha value is -3.28. The highest BCUT2D eigenvalue weighted by Crippen LogP contribution is 2.29. The van der Waals surface area contributed by atoms with Crippen LogP contribution in [0.3, 0.4) is 0 Å². The van der Waals surface area contributed by atoms with E-state index in [2.05, 4.69) is 22.0 Å². The number of nitrogens with two attached hydrogens (primary N) is 1. The maximum atomic E-state index is 13.2. The van der Waals surface area contributed by atoms with Crippen molar-refractivity contribution in [2.45, 2.75) is 11.4 Å². The van der Waals surface area contributed by atoms with Crippen LogP contribution in [-0.2, 0) is 16.6 Å². The summed E-state index contributed by atoms with van der Waals surface area (Å²) in [7, 11) is -1.83. The average molecular weight is 495 g/mol. The molecular formula is C23H19BrN4O2S. The van der Waals surface area contributed by atoms with Crippen LogP contribution in [0.25, 0.3) is 10.9 Å². The molecule has 0 saturated heterocycles. The first-order valence-corrected chi connectivity index (χ1v) is 11.7. The minimum Gasteiger partial charge on any atom is -0.398 e. The Bertz CT molecular complexity index is 1420. The van der Waals surface area contributed by atoms with Crippen molar-refractivity contribution in [2.24, 2.45) is 0 Å². The van der Waals surface area contributed by atoms with Gasteiger partial charge in [0, 0.05) is 41.0 Å². The SMILES string of the molecule is CN(Cc1ccc(S(=O)(=O)n2cc(Br)c3ccccc32)cc1)c1ccc(N)c(C#N)c1. The van der Waals surface area contributed by atoms with Crippen molar-refractivity contribution in [3.05, 3.63) is 88.5 Å². The maximum absolute atomic E-state index is 13.2. The second-order valence-electron chi connectivity index (χ2n) is 7.18. The number of halogens is 1. The lowest BCUT2D eigenvalue weighted by atomic mass is 10.1. The monoisotopic (exact) mass is 494 g/mol. The number of hydrogen-bond donors (Lipinski definition) is 1. The van der Waals surface area contributed by atoms with Gasteiger partial charge >= 0.3 is 0 Å². The molecule has 0 spiro atoms. The maximum Gasteiger partial charge on any atom is 0.268 e. The fraction of sp³-hybridized carbons (Fsp3) is 0.0870. The molecule has 1 heterocycles. The molecule has 0 bridgehead atoms. The van der Waals surface area contributed by atoms with Gasteiger partial charge in [0.25, 0.3) is 10.0 Å². The van der Waals surface area contributed by atoms with Crippen LogP contribution in [0.4, 0.5) is 11.4 Å². The van der Waals surface area contributed by atoms with E-state index in [1.165, 1.54) is 3.97 Å². The molecule has 0 aliphatic rings. The number of nitrogens with zero attached hydrogens (tertiary/aromatic N) is 3. The lowest BCUT2D eigenvalue weighted by Gasteiger charge is -2.20. The number of benzene rings is 3. The molecule has 8 heteroatoms. The van der Waals surface area contributed by atoms with Crippen LogP contribution >= 0.6 is 15.9 Å². The van der Waals surface area contributed by atoms with Gasteiger partial charge in [-0.2, -0.15) is 5.26 Å². The predicted molar refractivity (Wildman–Crippen MR) is 126 cm³/mol. The molecule has 0 radical (unpaired) electrons. The first-order chi connectivity index (χ1) is 14.8. The quantitative estimate of drug-likeness (QED) is 0.404. The Morgan fingerprint density at radius 3 is 2.52 bits per heavy atom. The summed E-state index contributed by atoms with van der Waals surface area (Å²) in [5, 5.41) is 10.0. The Balaban J connectivity index is 1.60. The van der Waals surface area contributed by atoms with Gasteiger partial charge in [0.05, 0.1) is 16.0 Å². The zero-order chi connectivity index (χ0) is 22.2. The number of fused-ring (bicyclic) bond motifs is 1. The van der Waals surface area contributed by atoms with E-state index < -0.39 is 10.0 Å². The number of para-hydroxylation sites is 1. The van der Waals surface area contributed by atoms with E-state index in [0.29, 0.717) is 23.3 Å². The molecule has 0 atom stereocenters. The molecule has 0 amide bonds. The van der Waals surface area contributed by atoms with Gasteiger partial charge in [-0.25, -0.2) is 12.4 Å². The number of aromatic nitrogens is 1. The first kappa shape index (κ1) is 21.0. The van der Waals surface area contributed by atoms with Crippen molar-refractivity contribution in [1.82, 2.24) is 3.97 Å². The lowest BCUT2D eigenvalue weighted by Crippen LogP contribution is -2.17. The van der Waals surface area contributed by atoms with Crippen molar-refractivity contribution in [3.63, 3.8) is 0 Å². The summed E-state index contributed by atoms with van der Waals surface area (Å²) in [5.74, 6) is 0.